The molecule has 1 aliphatic rings. The van der Waals surface area contributed by atoms with Gasteiger partial charge in [0.05, 0.1) is 11.6 Å². The molecule has 2 rings (SSSR count). The maximum Gasteiger partial charge on any atom is 0.133 e. The van der Waals surface area contributed by atoms with Crippen LogP contribution in [0, 0.1) is 5.92 Å². The van der Waals surface area contributed by atoms with Crippen molar-refractivity contribution in [2.45, 2.75) is 32.7 Å². The average molecular weight is 312 g/mol. The van der Waals surface area contributed by atoms with Gasteiger partial charge in [-0.2, -0.15) is 0 Å². The molecular formula is C15H22BrNO. The summed E-state index contributed by atoms with van der Waals surface area (Å²) in [6.45, 7) is 5.88. The van der Waals surface area contributed by atoms with Gasteiger partial charge in [-0.1, -0.05) is 13.0 Å². The van der Waals surface area contributed by atoms with Crippen LogP contribution in [0.2, 0.25) is 0 Å². The van der Waals surface area contributed by atoms with Crippen molar-refractivity contribution < 1.29 is 4.74 Å². The number of methoxy groups -OCH3 is 1. The van der Waals surface area contributed by atoms with E-state index in [0.29, 0.717) is 0 Å². The smallest absolute Gasteiger partial charge is 0.133 e. The van der Waals surface area contributed by atoms with Crippen LogP contribution >= 0.6 is 15.9 Å². The average Bonchev–Trinajstić information content (AvgIpc) is 2.55. The largest absolute Gasteiger partial charge is 0.496 e. The lowest BCUT2D eigenvalue weighted by atomic mass is 10.0. The van der Waals surface area contributed by atoms with Gasteiger partial charge in [-0.05, 0) is 71.9 Å². The molecule has 0 saturated carbocycles. The molecule has 0 bridgehead atoms. The number of nitrogens with zero attached hydrogens (tertiary/aromatic N) is 1. The predicted molar refractivity (Wildman–Crippen MR) is 79.0 cm³/mol. The fourth-order valence-electron chi connectivity index (χ4n) is 2.55. The minimum Gasteiger partial charge on any atom is -0.496 e. The maximum absolute atomic E-state index is 5.26. The number of hydrogen-bond donors (Lipinski definition) is 0. The summed E-state index contributed by atoms with van der Waals surface area (Å²) in [7, 11) is 1.70. The first-order valence-electron chi connectivity index (χ1n) is 6.74. The maximum atomic E-state index is 5.26. The van der Waals surface area contributed by atoms with Gasteiger partial charge in [-0.3, -0.25) is 4.90 Å². The molecule has 0 aromatic heterocycles. The SMILES string of the molecule is COc1ccc(CN2CCCC(C)CC2)cc1Br. The molecule has 1 atom stereocenters. The Balaban J connectivity index is 1.98. The molecule has 0 radical (unpaired) electrons. The van der Waals surface area contributed by atoms with Crippen LogP contribution in [-0.2, 0) is 6.54 Å². The lowest BCUT2D eigenvalue weighted by Crippen LogP contribution is -2.24. The molecular weight excluding hydrogens is 290 g/mol. The Morgan fingerprint density at radius 1 is 1.33 bits per heavy atom. The van der Waals surface area contributed by atoms with E-state index in [2.05, 4.69) is 39.9 Å². The van der Waals surface area contributed by atoms with Crippen LogP contribution in [0.3, 0.4) is 0 Å². The minimum atomic E-state index is 0.887. The molecule has 1 unspecified atom stereocenters. The van der Waals surface area contributed by atoms with Crippen molar-refractivity contribution >= 4 is 15.9 Å². The normalized spacial score (nSPS) is 21.6. The highest BCUT2D eigenvalue weighted by Crippen LogP contribution is 2.26. The lowest BCUT2D eigenvalue weighted by molar-refractivity contribution is 0.273. The number of likely N-dealkylation sites (tertiary alicyclic amines) is 1. The van der Waals surface area contributed by atoms with Gasteiger partial charge in [-0.15, -0.1) is 0 Å². The summed E-state index contributed by atoms with van der Waals surface area (Å²) in [4.78, 5) is 2.57. The number of halogens is 1. The van der Waals surface area contributed by atoms with Crippen LogP contribution in [-0.4, -0.2) is 25.1 Å². The van der Waals surface area contributed by atoms with Crippen LogP contribution < -0.4 is 4.74 Å². The molecule has 0 aliphatic carbocycles. The molecule has 1 heterocycles. The van der Waals surface area contributed by atoms with E-state index in [-0.39, 0.29) is 0 Å². The molecule has 1 aromatic rings. The first-order valence-corrected chi connectivity index (χ1v) is 7.53. The molecule has 100 valence electrons. The van der Waals surface area contributed by atoms with E-state index in [9.17, 15) is 0 Å². The topological polar surface area (TPSA) is 12.5 Å². The molecule has 1 aliphatic heterocycles. The van der Waals surface area contributed by atoms with Crippen LogP contribution in [0.1, 0.15) is 31.7 Å². The number of rotatable bonds is 3. The summed E-state index contributed by atoms with van der Waals surface area (Å²) < 4.78 is 6.31. The molecule has 18 heavy (non-hydrogen) atoms. The van der Waals surface area contributed by atoms with Crippen molar-refractivity contribution in [3.8, 4) is 5.75 Å². The van der Waals surface area contributed by atoms with Crippen molar-refractivity contribution in [2.24, 2.45) is 5.92 Å². The molecule has 2 nitrogen and oxygen atoms in total. The second-order valence-electron chi connectivity index (χ2n) is 5.28. The Kier molecular flexibility index (Phi) is 5.07. The Labute approximate surface area is 118 Å². The Bertz CT molecular complexity index is 394. The highest BCUT2D eigenvalue weighted by molar-refractivity contribution is 9.10. The predicted octanol–water partition coefficient (Wildman–Crippen LogP) is 4.08. The number of hydrogen-bond acceptors (Lipinski definition) is 2. The number of benzene rings is 1. The molecule has 0 N–H and O–H groups in total. The van der Waals surface area contributed by atoms with Crippen molar-refractivity contribution in [3.05, 3.63) is 28.2 Å². The zero-order chi connectivity index (χ0) is 13.0. The monoisotopic (exact) mass is 311 g/mol. The first-order chi connectivity index (χ1) is 8.69. The van der Waals surface area contributed by atoms with Crippen molar-refractivity contribution in [1.82, 2.24) is 4.90 Å². The Morgan fingerprint density at radius 2 is 2.17 bits per heavy atom. The third kappa shape index (κ3) is 3.72. The summed E-state index contributed by atoms with van der Waals surface area (Å²) >= 11 is 3.55. The second-order valence-corrected chi connectivity index (χ2v) is 6.14. The highest BCUT2D eigenvalue weighted by atomic mass is 79.9. The van der Waals surface area contributed by atoms with E-state index in [1.165, 1.54) is 37.9 Å². The van der Waals surface area contributed by atoms with Gasteiger partial charge in [0.1, 0.15) is 5.75 Å². The van der Waals surface area contributed by atoms with Crippen molar-refractivity contribution in [1.29, 1.82) is 0 Å². The summed E-state index contributed by atoms with van der Waals surface area (Å²) in [6.07, 6.45) is 4.04. The molecule has 0 spiro atoms. The minimum absolute atomic E-state index is 0.887. The third-order valence-electron chi connectivity index (χ3n) is 3.73. The van der Waals surface area contributed by atoms with Crippen LogP contribution in [0.5, 0.6) is 5.75 Å². The lowest BCUT2D eigenvalue weighted by Gasteiger charge is -2.20. The summed E-state index contributed by atoms with van der Waals surface area (Å²) in [5.74, 6) is 1.79. The van der Waals surface area contributed by atoms with Gasteiger partial charge < -0.3 is 4.74 Å². The Morgan fingerprint density at radius 3 is 2.89 bits per heavy atom. The van der Waals surface area contributed by atoms with E-state index in [0.717, 1.165) is 22.7 Å². The van der Waals surface area contributed by atoms with E-state index in [1.807, 2.05) is 6.07 Å². The van der Waals surface area contributed by atoms with E-state index < -0.39 is 0 Å². The van der Waals surface area contributed by atoms with Gasteiger partial charge in [0.2, 0.25) is 0 Å². The van der Waals surface area contributed by atoms with Gasteiger partial charge in [0.15, 0.2) is 0 Å². The van der Waals surface area contributed by atoms with Crippen LogP contribution in [0.4, 0.5) is 0 Å². The van der Waals surface area contributed by atoms with Gasteiger partial charge in [0.25, 0.3) is 0 Å². The molecule has 1 fully saturated rings. The second kappa shape index (κ2) is 6.58. The summed E-state index contributed by atoms with van der Waals surface area (Å²) in [5, 5.41) is 0. The van der Waals surface area contributed by atoms with Gasteiger partial charge >= 0.3 is 0 Å². The summed E-state index contributed by atoms with van der Waals surface area (Å²) in [5.41, 5.74) is 1.36. The van der Waals surface area contributed by atoms with Gasteiger partial charge in [0, 0.05) is 6.54 Å². The van der Waals surface area contributed by atoms with Gasteiger partial charge in [-0.25, -0.2) is 0 Å². The molecule has 3 heteroatoms. The van der Waals surface area contributed by atoms with E-state index in [4.69, 9.17) is 4.74 Å². The van der Waals surface area contributed by atoms with E-state index in [1.54, 1.807) is 7.11 Å². The fourth-order valence-corrected chi connectivity index (χ4v) is 3.14. The third-order valence-corrected chi connectivity index (χ3v) is 4.35. The molecule has 1 aromatic carbocycles. The fraction of sp³-hybridized carbons (Fsp3) is 0.600. The highest BCUT2D eigenvalue weighted by Gasteiger charge is 2.14. The van der Waals surface area contributed by atoms with Crippen LogP contribution in [0.25, 0.3) is 0 Å². The zero-order valence-electron chi connectivity index (χ0n) is 11.3. The molecule has 1 saturated heterocycles. The standard InChI is InChI=1S/C15H22BrNO/c1-12-4-3-8-17(9-7-12)11-13-5-6-15(18-2)14(16)10-13/h5-6,10,12H,3-4,7-9,11H2,1-2H3. The van der Waals surface area contributed by atoms with Crippen molar-refractivity contribution in [3.63, 3.8) is 0 Å². The van der Waals surface area contributed by atoms with E-state index >= 15 is 0 Å². The summed E-state index contributed by atoms with van der Waals surface area (Å²) in [6, 6.07) is 6.38. The quantitative estimate of drug-likeness (QED) is 0.834. The van der Waals surface area contributed by atoms with Crippen molar-refractivity contribution in [2.75, 3.05) is 20.2 Å². The number of ether oxygens (including phenoxy) is 1. The Hall–Kier alpha value is -0.540. The zero-order valence-corrected chi connectivity index (χ0v) is 12.9. The van der Waals surface area contributed by atoms with Crippen LogP contribution in [0.15, 0.2) is 22.7 Å². The first kappa shape index (κ1) is 13.9. The molecule has 0 amide bonds.